The fourth-order valence-electron chi connectivity index (χ4n) is 2.77. The maximum Gasteiger partial charge on any atom is 0.128 e. The lowest BCUT2D eigenvalue weighted by Gasteiger charge is -2.25. The van der Waals surface area contributed by atoms with Crippen LogP contribution in [-0.2, 0) is 0 Å². The number of hydrogen-bond donors (Lipinski definition) is 1. The van der Waals surface area contributed by atoms with Gasteiger partial charge in [0.2, 0.25) is 0 Å². The fourth-order valence-corrected chi connectivity index (χ4v) is 2.77. The summed E-state index contributed by atoms with van der Waals surface area (Å²) in [6.45, 7) is 7.22. The van der Waals surface area contributed by atoms with Crippen molar-refractivity contribution < 1.29 is 8.78 Å². The lowest BCUT2D eigenvalue weighted by molar-refractivity contribution is 0.288. The van der Waals surface area contributed by atoms with E-state index in [1.54, 1.807) is 0 Å². The fraction of sp³-hybridized carbons (Fsp3) is 0.600. The lowest BCUT2D eigenvalue weighted by Crippen LogP contribution is -2.39. The number of likely N-dealkylation sites (tertiary alicyclic amines) is 1. The molecule has 1 N–H and O–H groups in total. The second-order valence-corrected chi connectivity index (χ2v) is 5.46. The summed E-state index contributed by atoms with van der Waals surface area (Å²) in [5, 5.41) is 3.34. The number of nitrogens with zero attached hydrogens (tertiary/aromatic N) is 1. The van der Waals surface area contributed by atoms with Crippen molar-refractivity contribution in [2.24, 2.45) is 0 Å². The monoisotopic (exact) mass is 268 g/mol. The molecular weight excluding hydrogens is 246 g/mol. The summed E-state index contributed by atoms with van der Waals surface area (Å²) in [6.07, 6.45) is 2.53. The molecule has 2 unspecified atom stereocenters. The summed E-state index contributed by atoms with van der Waals surface area (Å²) in [6, 6.07) is 3.69. The molecule has 2 nitrogen and oxygen atoms in total. The van der Waals surface area contributed by atoms with E-state index in [1.807, 2.05) is 6.92 Å². The molecule has 19 heavy (non-hydrogen) atoms. The lowest BCUT2D eigenvalue weighted by atomic mass is 10.1. The highest BCUT2D eigenvalue weighted by atomic mass is 19.1. The van der Waals surface area contributed by atoms with Crippen molar-refractivity contribution in [2.45, 2.75) is 38.8 Å². The first-order valence-corrected chi connectivity index (χ1v) is 6.99. The van der Waals surface area contributed by atoms with E-state index in [0.717, 1.165) is 25.7 Å². The Kier molecular flexibility index (Phi) is 4.88. The Morgan fingerprint density at radius 2 is 1.89 bits per heavy atom. The van der Waals surface area contributed by atoms with Gasteiger partial charge < -0.3 is 10.2 Å². The molecule has 1 saturated heterocycles. The van der Waals surface area contributed by atoms with Crippen molar-refractivity contribution >= 4 is 0 Å². The van der Waals surface area contributed by atoms with E-state index in [0.29, 0.717) is 5.56 Å². The summed E-state index contributed by atoms with van der Waals surface area (Å²) in [5.41, 5.74) is 0.397. The molecule has 0 radical (unpaired) electrons. The van der Waals surface area contributed by atoms with E-state index in [-0.39, 0.29) is 17.9 Å². The van der Waals surface area contributed by atoms with Crippen molar-refractivity contribution in [3.63, 3.8) is 0 Å². The van der Waals surface area contributed by atoms with Crippen molar-refractivity contribution in [2.75, 3.05) is 19.6 Å². The molecule has 1 aliphatic heterocycles. The third-order valence-electron chi connectivity index (χ3n) is 3.69. The van der Waals surface area contributed by atoms with E-state index < -0.39 is 5.82 Å². The van der Waals surface area contributed by atoms with Gasteiger partial charge in [0.15, 0.2) is 0 Å². The highest BCUT2D eigenvalue weighted by Gasteiger charge is 2.18. The van der Waals surface area contributed by atoms with Gasteiger partial charge in [-0.1, -0.05) is 0 Å². The van der Waals surface area contributed by atoms with Crippen molar-refractivity contribution in [1.82, 2.24) is 10.2 Å². The van der Waals surface area contributed by atoms with E-state index in [9.17, 15) is 8.78 Å². The quantitative estimate of drug-likeness (QED) is 0.882. The van der Waals surface area contributed by atoms with Gasteiger partial charge in [0.05, 0.1) is 0 Å². The second-order valence-electron chi connectivity index (χ2n) is 5.46. The molecule has 0 amide bonds. The van der Waals surface area contributed by atoms with Gasteiger partial charge in [0.1, 0.15) is 11.6 Å². The Morgan fingerprint density at radius 3 is 2.58 bits per heavy atom. The van der Waals surface area contributed by atoms with E-state index >= 15 is 0 Å². The van der Waals surface area contributed by atoms with Gasteiger partial charge in [0, 0.05) is 24.2 Å². The van der Waals surface area contributed by atoms with Crippen LogP contribution in [0.5, 0.6) is 0 Å². The topological polar surface area (TPSA) is 15.3 Å². The molecule has 1 aromatic rings. The minimum absolute atomic E-state index is 0.187. The Labute approximate surface area is 113 Å². The first kappa shape index (κ1) is 14.4. The SMILES string of the molecule is CC(CN1CCCC1)NC(C)c1cc(F)ccc1F. The Morgan fingerprint density at radius 1 is 1.21 bits per heavy atom. The van der Waals surface area contributed by atoms with Crippen LogP contribution < -0.4 is 5.32 Å². The molecule has 0 aliphatic carbocycles. The smallest absolute Gasteiger partial charge is 0.128 e. The van der Waals surface area contributed by atoms with Crippen molar-refractivity contribution in [1.29, 1.82) is 0 Å². The molecule has 0 bridgehead atoms. The summed E-state index contributed by atoms with van der Waals surface area (Å²) >= 11 is 0. The number of halogens is 2. The first-order chi connectivity index (χ1) is 9.06. The zero-order chi connectivity index (χ0) is 13.8. The molecule has 0 spiro atoms. The van der Waals surface area contributed by atoms with Gasteiger partial charge in [-0.05, 0) is 58.0 Å². The third kappa shape index (κ3) is 3.98. The van der Waals surface area contributed by atoms with Crippen LogP contribution in [0.15, 0.2) is 18.2 Å². The van der Waals surface area contributed by atoms with Crippen LogP contribution in [0.4, 0.5) is 8.78 Å². The van der Waals surface area contributed by atoms with Gasteiger partial charge in [-0.25, -0.2) is 8.78 Å². The largest absolute Gasteiger partial charge is 0.306 e. The van der Waals surface area contributed by atoms with Crippen LogP contribution in [0, 0.1) is 11.6 Å². The minimum atomic E-state index is -0.391. The number of nitrogens with one attached hydrogen (secondary N) is 1. The average molecular weight is 268 g/mol. The zero-order valence-corrected chi connectivity index (χ0v) is 11.6. The molecule has 2 atom stereocenters. The van der Waals surface area contributed by atoms with Gasteiger partial charge in [-0.2, -0.15) is 0 Å². The van der Waals surface area contributed by atoms with Crippen LogP contribution in [-0.4, -0.2) is 30.6 Å². The third-order valence-corrected chi connectivity index (χ3v) is 3.69. The summed E-state index contributed by atoms with van der Waals surface area (Å²) < 4.78 is 26.8. The normalized spacial score (nSPS) is 19.6. The van der Waals surface area contributed by atoms with E-state index in [2.05, 4.69) is 17.1 Å². The van der Waals surface area contributed by atoms with Crippen LogP contribution >= 0.6 is 0 Å². The summed E-state index contributed by atoms with van der Waals surface area (Å²) in [5.74, 6) is -0.744. The van der Waals surface area contributed by atoms with Gasteiger partial charge >= 0.3 is 0 Å². The zero-order valence-electron chi connectivity index (χ0n) is 11.6. The molecule has 1 aromatic carbocycles. The van der Waals surface area contributed by atoms with Gasteiger partial charge in [-0.15, -0.1) is 0 Å². The Balaban J connectivity index is 1.91. The van der Waals surface area contributed by atoms with E-state index in [4.69, 9.17) is 0 Å². The predicted molar refractivity (Wildman–Crippen MR) is 73.0 cm³/mol. The molecule has 106 valence electrons. The highest BCUT2D eigenvalue weighted by molar-refractivity contribution is 5.21. The Hall–Kier alpha value is -1.00. The molecular formula is C15H22F2N2. The summed E-state index contributed by atoms with van der Waals surface area (Å²) in [7, 11) is 0. The number of hydrogen-bond acceptors (Lipinski definition) is 2. The van der Waals surface area contributed by atoms with Crippen LogP contribution in [0.3, 0.4) is 0 Å². The molecule has 0 saturated carbocycles. The molecule has 4 heteroatoms. The molecule has 1 heterocycles. The van der Waals surface area contributed by atoms with Crippen molar-refractivity contribution in [3.05, 3.63) is 35.4 Å². The number of benzene rings is 1. The molecule has 1 fully saturated rings. The molecule has 1 aliphatic rings. The average Bonchev–Trinajstić information content (AvgIpc) is 2.84. The summed E-state index contributed by atoms with van der Waals surface area (Å²) in [4.78, 5) is 2.41. The Bertz CT molecular complexity index is 417. The van der Waals surface area contributed by atoms with Crippen LogP contribution in [0.1, 0.15) is 38.3 Å². The highest BCUT2D eigenvalue weighted by Crippen LogP contribution is 2.19. The minimum Gasteiger partial charge on any atom is -0.306 e. The molecule has 0 aromatic heterocycles. The number of rotatable bonds is 5. The maximum absolute atomic E-state index is 13.7. The predicted octanol–water partition coefficient (Wildman–Crippen LogP) is 3.10. The van der Waals surface area contributed by atoms with Crippen LogP contribution in [0.2, 0.25) is 0 Å². The van der Waals surface area contributed by atoms with Crippen molar-refractivity contribution in [3.8, 4) is 0 Å². The van der Waals surface area contributed by atoms with E-state index in [1.165, 1.54) is 25.0 Å². The first-order valence-electron chi connectivity index (χ1n) is 6.99. The second kappa shape index (κ2) is 6.44. The maximum atomic E-state index is 13.7. The molecule has 2 rings (SSSR count). The standard InChI is InChI=1S/C15H22F2N2/c1-11(10-19-7-3-4-8-19)18-12(2)14-9-13(16)5-6-15(14)17/h5-6,9,11-12,18H,3-4,7-8,10H2,1-2H3. The van der Waals surface area contributed by atoms with Gasteiger partial charge in [-0.3, -0.25) is 0 Å². The van der Waals surface area contributed by atoms with Crippen LogP contribution in [0.25, 0.3) is 0 Å². The van der Waals surface area contributed by atoms with Gasteiger partial charge in [0.25, 0.3) is 0 Å².